The molecule has 0 spiro atoms. The van der Waals surface area contributed by atoms with E-state index < -0.39 is 0 Å². The molecular formula is C21H26O4. The third-order valence-electron chi connectivity index (χ3n) is 4.37. The van der Waals surface area contributed by atoms with E-state index in [2.05, 4.69) is 24.3 Å². The van der Waals surface area contributed by atoms with E-state index in [0.29, 0.717) is 20.0 Å². The van der Waals surface area contributed by atoms with Crippen LogP contribution in [0.3, 0.4) is 0 Å². The van der Waals surface area contributed by atoms with E-state index in [1.165, 1.54) is 11.1 Å². The van der Waals surface area contributed by atoms with Gasteiger partial charge in [-0.2, -0.15) is 0 Å². The number of rotatable bonds is 8. The molecule has 0 aliphatic carbocycles. The normalized spacial score (nSPS) is 23.5. The summed E-state index contributed by atoms with van der Waals surface area (Å²) in [6.45, 7) is 1.47. The van der Waals surface area contributed by atoms with Crippen molar-refractivity contribution in [3.63, 3.8) is 0 Å². The zero-order valence-electron chi connectivity index (χ0n) is 14.7. The molecule has 3 atom stereocenters. The number of hydrogen-bond donors (Lipinski definition) is 0. The lowest BCUT2D eigenvalue weighted by molar-refractivity contribution is -0.163. The number of methoxy groups -OCH3 is 1. The smallest absolute Gasteiger partial charge is 0.146 e. The molecule has 25 heavy (non-hydrogen) atoms. The van der Waals surface area contributed by atoms with Gasteiger partial charge in [-0.25, -0.2) is 0 Å². The maximum absolute atomic E-state index is 6.27. The molecule has 1 heterocycles. The molecule has 1 saturated heterocycles. The summed E-state index contributed by atoms with van der Waals surface area (Å²) in [7, 11) is 1.65. The molecule has 1 fully saturated rings. The van der Waals surface area contributed by atoms with E-state index in [9.17, 15) is 0 Å². The molecule has 2 aromatic carbocycles. The minimum Gasteiger partial charge on any atom is -0.374 e. The third-order valence-corrected chi connectivity index (χ3v) is 4.37. The van der Waals surface area contributed by atoms with Crippen molar-refractivity contribution < 1.29 is 18.9 Å². The maximum atomic E-state index is 6.27. The SMILES string of the molecule is COCO[C@@H]1C[C@H](COCc2ccccc2)O[C@H](c2ccccc2)C1. The monoisotopic (exact) mass is 342 g/mol. The summed E-state index contributed by atoms with van der Waals surface area (Å²) < 4.78 is 23.0. The Bertz CT molecular complexity index is 602. The van der Waals surface area contributed by atoms with E-state index in [4.69, 9.17) is 18.9 Å². The highest BCUT2D eigenvalue weighted by molar-refractivity contribution is 5.18. The van der Waals surface area contributed by atoms with E-state index in [1.54, 1.807) is 7.11 Å². The van der Waals surface area contributed by atoms with Crippen molar-refractivity contribution in [1.82, 2.24) is 0 Å². The first kappa shape index (κ1) is 18.1. The van der Waals surface area contributed by atoms with Gasteiger partial charge in [0.25, 0.3) is 0 Å². The summed E-state index contributed by atoms with van der Waals surface area (Å²) >= 11 is 0. The topological polar surface area (TPSA) is 36.9 Å². The fourth-order valence-electron chi connectivity index (χ4n) is 3.14. The van der Waals surface area contributed by atoms with Crippen molar-refractivity contribution >= 4 is 0 Å². The standard InChI is InChI=1S/C21H26O4/c1-22-16-24-19-12-20(15-23-14-17-8-4-2-5-9-17)25-21(13-19)18-10-6-3-7-11-18/h2-11,19-21H,12-16H2,1H3/t19-,20-,21+/m1/s1. The molecule has 134 valence electrons. The van der Waals surface area contributed by atoms with Gasteiger partial charge in [0.05, 0.1) is 31.5 Å². The Kier molecular flexibility index (Phi) is 7.00. The Morgan fingerprint density at radius 2 is 1.68 bits per heavy atom. The first-order valence-corrected chi connectivity index (χ1v) is 8.77. The van der Waals surface area contributed by atoms with E-state index in [-0.39, 0.29) is 18.3 Å². The van der Waals surface area contributed by atoms with Gasteiger partial charge in [0.15, 0.2) is 0 Å². The number of ether oxygens (including phenoxy) is 4. The van der Waals surface area contributed by atoms with Crippen molar-refractivity contribution in [2.45, 2.75) is 37.8 Å². The van der Waals surface area contributed by atoms with Crippen molar-refractivity contribution in [3.05, 3.63) is 71.8 Å². The Morgan fingerprint density at radius 1 is 0.960 bits per heavy atom. The van der Waals surface area contributed by atoms with E-state index in [1.807, 2.05) is 36.4 Å². The van der Waals surface area contributed by atoms with Crippen LogP contribution in [0.4, 0.5) is 0 Å². The average molecular weight is 342 g/mol. The summed E-state index contributed by atoms with van der Waals surface area (Å²) in [5.41, 5.74) is 2.35. The van der Waals surface area contributed by atoms with Crippen molar-refractivity contribution in [3.8, 4) is 0 Å². The summed E-state index contributed by atoms with van der Waals surface area (Å²) in [4.78, 5) is 0. The summed E-state index contributed by atoms with van der Waals surface area (Å²) in [6, 6.07) is 20.5. The Balaban J connectivity index is 1.57. The second kappa shape index (κ2) is 9.68. The van der Waals surface area contributed by atoms with Crippen molar-refractivity contribution in [1.29, 1.82) is 0 Å². The fraction of sp³-hybridized carbons (Fsp3) is 0.429. The summed E-state index contributed by atoms with van der Waals surface area (Å²) in [6.07, 6.45) is 1.82. The molecule has 0 unspecified atom stereocenters. The molecule has 4 nitrogen and oxygen atoms in total. The average Bonchev–Trinajstić information content (AvgIpc) is 2.68. The molecule has 3 rings (SSSR count). The van der Waals surface area contributed by atoms with Crippen LogP contribution < -0.4 is 0 Å². The molecule has 0 aromatic heterocycles. The largest absolute Gasteiger partial charge is 0.374 e. The van der Waals surface area contributed by atoms with Gasteiger partial charge in [0.2, 0.25) is 0 Å². The lowest BCUT2D eigenvalue weighted by Crippen LogP contribution is -2.36. The predicted octanol–water partition coefficient (Wildman–Crippen LogP) is 4.11. The first-order valence-electron chi connectivity index (χ1n) is 8.77. The van der Waals surface area contributed by atoms with Crippen LogP contribution in [0.15, 0.2) is 60.7 Å². The zero-order chi connectivity index (χ0) is 17.3. The van der Waals surface area contributed by atoms with Crippen molar-refractivity contribution in [2.75, 3.05) is 20.5 Å². The lowest BCUT2D eigenvalue weighted by atomic mass is 9.96. The molecule has 1 aliphatic rings. The van der Waals surface area contributed by atoms with Crippen LogP contribution in [-0.4, -0.2) is 32.7 Å². The van der Waals surface area contributed by atoms with Crippen LogP contribution in [0.5, 0.6) is 0 Å². The molecule has 2 aromatic rings. The van der Waals surface area contributed by atoms with Gasteiger partial charge in [-0.05, 0) is 11.1 Å². The lowest BCUT2D eigenvalue weighted by Gasteiger charge is -2.35. The summed E-state index contributed by atoms with van der Waals surface area (Å²) in [5.74, 6) is 0. The zero-order valence-corrected chi connectivity index (χ0v) is 14.7. The van der Waals surface area contributed by atoms with Crippen LogP contribution >= 0.6 is 0 Å². The Hall–Kier alpha value is -1.72. The molecule has 0 amide bonds. The highest BCUT2D eigenvalue weighted by atomic mass is 16.7. The van der Waals surface area contributed by atoms with Gasteiger partial charge in [-0.1, -0.05) is 60.7 Å². The van der Waals surface area contributed by atoms with Crippen LogP contribution in [-0.2, 0) is 25.6 Å². The second-order valence-corrected chi connectivity index (χ2v) is 6.32. The van der Waals surface area contributed by atoms with E-state index in [0.717, 1.165) is 12.8 Å². The van der Waals surface area contributed by atoms with Gasteiger partial charge in [0, 0.05) is 20.0 Å². The van der Waals surface area contributed by atoms with Crippen LogP contribution in [0.2, 0.25) is 0 Å². The molecule has 0 N–H and O–H groups in total. The number of hydrogen-bond acceptors (Lipinski definition) is 4. The Labute approximate surface area is 149 Å². The van der Waals surface area contributed by atoms with Crippen LogP contribution in [0, 0.1) is 0 Å². The fourth-order valence-corrected chi connectivity index (χ4v) is 3.14. The molecular weight excluding hydrogens is 316 g/mol. The van der Waals surface area contributed by atoms with Crippen LogP contribution in [0.1, 0.15) is 30.1 Å². The van der Waals surface area contributed by atoms with Gasteiger partial charge >= 0.3 is 0 Å². The second-order valence-electron chi connectivity index (χ2n) is 6.32. The molecule has 0 saturated carbocycles. The van der Waals surface area contributed by atoms with Gasteiger partial charge in [-0.3, -0.25) is 0 Å². The number of benzene rings is 2. The molecule has 0 bridgehead atoms. The van der Waals surface area contributed by atoms with E-state index >= 15 is 0 Å². The molecule has 4 heteroatoms. The highest BCUT2D eigenvalue weighted by Crippen LogP contribution is 2.33. The third kappa shape index (κ3) is 5.65. The van der Waals surface area contributed by atoms with Gasteiger partial charge in [0.1, 0.15) is 6.79 Å². The predicted molar refractivity (Wildman–Crippen MR) is 96.1 cm³/mol. The quantitative estimate of drug-likeness (QED) is 0.677. The summed E-state index contributed by atoms with van der Waals surface area (Å²) in [5, 5.41) is 0. The van der Waals surface area contributed by atoms with Crippen LogP contribution in [0.25, 0.3) is 0 Å². The molecule has 1 aliphatic heterocycles. The minimum absolute atomic E-state index is 0.0181. The minimum atomic E-state index is 0.0181. The Morgan fingerprint density at radius 3 is 2.40 bits per heavy atom. The van der Waals surface area contributed by atoms with Gasteiger partial charge in [-0.15, -0.1) is 0 Å². The maximum Gasteiger partial charge on any atom is 0.146 e. The molecule has 0 radical (unpaired) electrons. The van der Waals surface area contributed by atoms with Gasteiger partial charge < -0.3 is 18.9 Å². The van der Waals surface area contributed by atoms with Crippen molar-refractivity contribution in [2.24, 2.45) is 0 Å². The first-order chi connectivity index (χ1) is 12.3. The highest BCUT2D eigenvalue weighted by Gasteiger charge is 2.31.